The SMILES string of the molecule is ClC1=CC2C3C(C1Cl)C23. The Labute approximate surface area is 63.8 Å². The van der Waals surface area contributed by atoms with Gasteiger partial charge in [-0.25, -0.2) is 0 Å². The molecule has 0 aliphatic heterocycles. The number of fused-ring (bicyclic) bond motifs is 1. The van der Waals surface area contributed by atoms with E-state index in [0.29, 0.717) is 0 Å². The van der Waals surface area contributed by atoms with Crippen molar-refractivity contribution >= 4 is 23.2 Å². The minimum atomic E-state index is 0.173. The van der Waals surface area contributed by atoms with Crippen LogP contribution in [-0.4, -0.2) is 5.38 Å². The van der Waals surface area contributed by atoms with E-state index in [1.165, 1.54) is 0 Å². The Morgan fingerprint density at radius 1 is 1.22 bits per heavy atom. The van der Waals surface area contributed by atoms with E-state index in [0.717, 1.165) is 28.7 Å². The zero-order chi connectivity index (χ0) is 6.17. The molecule has 2 saturated carbocycles. The first kappa shape index (κ1) is 5.03. The summed E-state index contributed by atoms with van der Waals surface area (Å²) in [6, 6.07) is 0. The Hall–Kier alpha value is 0.320. The van der Waals surface area contributed by atoms with Crippen molar-refractivity contribution in [3.05, 3.63) is 11.1 Å². The molecule has 2 bridgehead atoms. The first-order chi connectivity index (χ1) is 4.30. The van der Waals surface area contributed by atoms with Crippen molar-refractivity contribution in [2.24, 2.45) is 23.7 Å². The molecule has 0 aromatic carbocycles. The summed E-state index contributed by atoms with van der Waals surface area (Å²) in [6.07, 6.45) is 2.15. The van der Waals surface area contributed by atoms with Gasteiger partial charge in [0, 0.05) is 5.03 Å². The molecule has 0 saturated heterocycles. The molecule has 3 unspecified atom stereocenters. The number of allylic oxidation sites excluding steroid dienone is 2. The van der Waals surface area contributed by atoms with Crippen LogP contribution in [0.2, 0.25) is 0 Å². The molecule has 0 aromatic heterocycles. The van der Waals surface area contributed by atoms with Crippen LogP contribution >= 0.6 is 23.2 Å². The third-order valence-corrected chi connectivity index (χ3v) is 3.89. The van der Waals surface area contributed by atoms with Gasteiger partial charge >= 0.3 is 0 Å². The summed E-state index contributed by atoms with van der Waals surface area (Å²) in [5.74, 6) is 3.52. The fourth-order valence-corrected chi connectivity index (χ4v) is 2.91. The van der Waals surface area contributed by atoms with E-state index in [2.05, 4.69) is 6.08 Å². The number of halogens is 2. The summed E-state index contributed by atoms with van der Waals surface area (Å²) in [5, 5.41) is 1.07. The summed E-state index contributed by atoms with van der Waals surface area (Å²) >= 11 is 11.8. The fraction of sp³-hybridized carbons (Fsp3) is 0.714. The van der Waals surface area contributed by atoms with Crippen molar-refractivity contribution < 1.29 is 0 Å². The lowest BCUT2D eigenvalue weighted by Crippen LogP contribution is -2.18. The minimum Gasteiger partial charge on any atom is -0.117 e. The van der Waals surface area contributed by atoms with Crippen LogP contribution in [0.25, 0.3) is 0 Å². The molecule has 4 aliphatic carbocycles. The largest absolute Gasteiger partial charge is 0.117 e. The molecular formula is C7H6Cl2. The second-order valence-electron chi connectivity index (χ2n) is 3.26. The first-order valence-corrected chi connectivity index (χ1v) is 4.13. The zero-order valence-corrected chi connectivity index (χ0v) is 6.23. The van der Waals surface area contributed by atoms with Gasteiger partial charge in [-0.15, -0.1) is 11.6 Å². The summed E-state index contributed by atoms with van der Waals surface area (Å²) in [5.41, 5.74) is 0. The van der Waals surface area contributed by atoms with Crippen molar-refractivity contribution in [1.29, 1.82) is 0 Å². The summed E-state index contributed by atoms with van der Waals surface area (Å²) in [7, 11) is 0. The van der Waals surface area contributed by atoms with Crippen molar-refractivity contribution in [3.63, 3.8) is 0 Å². The molecule has 2 fully saturated rings. The van der Waals surface area contributed by atoms with Crippen LogP contribution in [0.4, 0.5) is 0 Å². The normalized spacial score (nSPS) is 66.4. The predicted octanol–water partition coefficient (Wildman–Crippen LogP) is 2.22. The Balaban J connectivity index is 2.04. The zero-order valence-electron chi connectivity index (χ0n) is 4.72. The lowest BCUT2D eigenvalue weighted by molar-refractivity contribution is 0.516. The lowest BCUT2D eigenvalue weighted by atomic mass is 9.95. The van der Waals surface area contributed by atoms with Gasteiger partial charge in [-0.2, -0.15) is 0 Å². The molecule has 9 heavy (non-hydrogen) atoms. The van der Waals surface area contributed by atoms with E-state index in [-0.39, 0.29) is 5.38 Å². The molecule has 0 aromatic rings. The maximum absolute atomic E-state index is 5.98. The fourth-order valence-electron chi connectivity index (χ4n) is 2.21. The van der Waals surface area contributed by atoms with Crippen molar-refractivity contribution in [1.82, 2.24) is 0 Å². The number of hydrogen-bond donors (Lipinski definition) is 0. The second-order valence-corrected chi connectivity index (χ2v) is 4.17. The summed E-state index contributed by atoms with van der Waals surface area (Å²) in [6.45, 7) is 0. The monoisotopic (exact) mass is 160 g/mol. The third-order valence-electron chi connectivity index (χ3n) is 2.89. The number of alkyl halides is 1. The maximum Gasteiger partial charge on any atom is 0.0723 e. The van der Waals surface area contributed by atoms with Crippen molar-refractivity contribution in [2.75, 3.05) is 0 Å². The lowest BCUT2D eigenvalue weighted by Gasteiger charge is -2.20. The average Bonchev–Trinajstić information content (AvgIpc) is 2.61. The molecule has 0 radical (unpaired) electrons. The standard InChI is InChI=1S/C7H6Cl2/c8-3-1-2-4-5(2)6(4)7(3)9/h1-2,4-7H. The Morgan fingerprint density at radius 2 is 1.89 bits per heavy atom. The Bertz CT molecular complexity index is 199. The van der Waals surface area contributed by atoms with Gasteiger partial charge in [-0.05, 0) is 23.7 Å². The van der Waals surface area contributed by atoms with Gasteiger partial charge in [0.1, 0.15) is 0 Å². The minimum absolute atomic E-state index is 0.173. The van der Waals surface area contributed by atoms with Gasteiger partial charge in [0.25, 0.3) is 0 Å². The molecule has 0 heterocycles. The van der Waals surface area contributed by atoms with Crippen LogP contribution < -0.4 is 0 Å². The first-order valence-electron chi connectivity index (χ1n) is 3.32. The van der Waals surface area contributed by atoms with Crippen LogP contribution in [-0.2, 0) is 0 Å². The summed E-state index contributed by atoms with van der Waals surface area (Å²) < 4.78 is 0. The predicted molar refractivity (Wildman–Crippen MR) is 37.5 cm³/mol. The number of hydrogen-bond acceptors (Lipinski definition) is 0. The van der Waals surface area contributed by atoms with E-state index >= 15 is 0 Å². The number of rotatable bonds is 0. The molecule has 0 amide bonds. The van der Waals surface area contributed by atoms with Crippen LogP contribution in [0.3, 0.4) is 0 Å². The average molecular weight is 161 g/mol. The van der Waals surface area contributed by atoms with Crippen molar-refractivity contribution in [3.8, 4) is 0 Å². The molecule has 0 nitrogen and oxygen atoms in total. The highest BCUT2D eigenvalue weighted by atomic mass is 35.5. The molecule has 48 valence electrons. The van der Waals surface area contributed by atoms with E-state index in [1.54, 1.807) is 0 Å². The van der Waals surface area contributed by atoms with Crippen LogP contribution in [0.5, 0.6) is 0 Å². The van der Waals surface area contributed by atoms with Crippen LogP contribution in [0, 0.1) is 23.7 Å². The van der Waals surface area contributed by atoms with Gasteiger partial charge in [0.2, 0.25) is 0 Å². The van der Waals surface area contributed by atoms with Gasteiger partial charge in [-0.1, -0.05) is 17.7 Å². The van der Waals surface area contributed by atoms with Crippen molar-refractivity contribution in [2.45, 2.75) is 5.38 Å². The van der Waals surface area contributed by atoms with Crippen LogP contribution in [0.1, 0.15) is 0 Å². The van der Waals surface area contributed by atoms with Gasteiger partial charge in [0.05, 0.1) is 5.38 Å². The molecule has 0 N–H and O–H groups in total. The highest BCUT2D eigenvalue weighted by Gasteiger charge is 2.76. The quantitative estimate of drug-likeness (QED) is 0.478. The van der Waals surface area contributed by atoms with E-state index in [4.69, 9.17) is 23.2 Å². The maximum atomic E-state index is 5.98. The third kappa shape index (κ3) is 0.414. The molecule has 4 rings (SSSR count). The summed E-state index contributed by atoms with van der Waals surface area (Å²) in [4.78, 5) is 0. The van der Waals surface area contributed by atoms with Gasteiger partial charge in [-0.3, -0.25) is 0 Å². The van der Waals surface area contributed by atoms with Crippen LogP contribution in [0.15, 0.2) is 11.1 Å². The van der Waals surface area contributed by atoms with Gasteiger partial charge < -0.3 is 0 Å². The molecular weight excluding hydrogens is 155 g/mol. The van der Waals surface area contributed by atoms with E-state index in [1.807, 2.05) is 0 Å². The Kier molecular flexibility index (Phi) is 0.668. The Morgan fingerprint density at radius 3 is 2.33 bits per heavy atom. The molecule has 0 spiro atoms. The van der Waals surface area contributed by atoms with E-state index in [9.17, 15) is 0 Å². The molecule has 4 aliphatic rings. The topological polar surface area (TPSA) is 0 Å². The smallest absolute Gasteiger partial charge is 0.0723 e. The van der Waals surface area contributed by atoms with E-state index < -0.39 is 0 Å². The second kappa shape index (κ2) is 1.19. The highest BCUT2D eigenvalue weighted by molar-refractivity contribution is 6.38. The highest BCUT2D eigenvalue weighted by Crippen LogP contribution is 2.78. The molecule has 2 heteroatoms. The van der Waals surface area contributed by atoms with Gasteiger partial charge in [0.15, 0.2) is 0 Å². The molecule has 3 atom stereocenters.